The van der Waals surface area contributed by atoms with Crippen molar-refractivity contribution < 1.29 is 4.90 Å². The van der Waals surface area contributed by atoms with Gasteiger partial charge in [0.2, 0.25) is 5.95 Å². The van der Waals surface area contributed by atoms with Gasteiger partial charge in [-0.3, -0.25) is 18.5 Å². The lowest BCUT2D eigenvalue weighted by Gasteiger charge is -2.16. The Bertz CT molecular complexity index is 1180. The van der Waals surface area contributed by atoms with Crippen LogP contribution in [0.2, 0.25) is 10.0 Å². The van der Waals surface area contributed by atoms with E-state index in [9.17, 15) is 9.59 Å². The number of halogens is 2. The zero-order valence-corrected chi connectivity index (χ0v) is 19.1. The quantitative estimate of drug-likeness (QED) is 0.535. The molecule has 0 fully saturated rings. The van der Waals surface area contributed by atoms with Gasteiger partial charge in [0.05, 0.1) is 42.8 Å². The van der Waals surface area contributed by atoms with Crippen molar-refractivity contribution in [3.63, 3.8) is 0 Å². The molecule has 0 unspecified atom stereocenters. The molecule has 0 spiro atoms. The van der Waals surface area contributed by atoms with E-state index in [1.165, 1.54) is 16.5 Å². The molecule has 0 aliphatic heterocycles. The molecular weight excluding hydrogens is 427 g/mol. The number of nitrogens with zero attached hydrogens (tertiary/aromatic N) is 4. The summed E-state index contributed by atoms with van der Waals surface area (Å²) >= 11 is 12.2. The molecule has 30 heavy (non-hydrogen) atoms. The molecule has 3 rings (SSSR count). The third-order valence-corrected chi connectivity index (χ3v) is 6.17. The third-order valence-electron chi connectivity index (χ3n) is 5.43. The monoisotopic (exact) mass is 453 g/mol. The molecular formula is C20H27Cl2N6O2+. The van der Waals surface area contributed by atoms with Gasteiger partial charge in [-0.25, -0.2) is 4.79 Å². The summed E-state index contributed by atoms with van der Waals surface area (Å²) in [6.07, 6.45) is 0. The van der Waals surface area contributed by atoms with Gasteiger partial charge in [0.15, 0.2) is 11.2 Å². The van der Waals surface area contributed by atoms with Crippen molar-refractivity contribution in [3.05, 3.63) is 54.6 Å². The lowest BCUT2D eigenvalue weighted by molar-refractivity contribution is -0.894. The van der Waals surface area contributed by atoms with Gasteiger partial charge in [-0.2, -0.15) is 4.98 Å². The second-order valence-electron chi connectivity index (χ2n) is 7.28. The normalized spacial score (nSPS) is 11.6. The zero-order valence-electron chi connectivity index (χ0n) is 17.6. The third kappa shape index (κ3) is 4.26. The maximum Gasteiger partial charge on any atom is 0.332 e. The Morgan fingerprint density at radius 1 is 1.07 bits per heavy atom. The molecule has 0 aliphatic carbocycles. The van der Waals surface area contributed by atoms with Crippen LogP contribution in [0.1, 0.15) is 19.4 Å². The largest absolute Gasteiger partial charge is 0.350 e. The summed E-state index contributed by atoms with van der Waals surface area (Å²) < 4.78 is 4.29. The van der Waals surface area contributed by atoms with Crippen LogP contribution >= 0.6 is 23.2 Å². The number of imidazole rings is 1. The fourth-order valence-corrected chi connectivity index (χ4v) is 3.83. The Morgan fingerprint density at radius 2 is 1.77 bits per heavy atom. The summed E-state index contributed by atoms with van der Waals surface area (Å²) in [5.74, 6) is 0.543. The van der Waals surface area contributed by atoms with Gasteiger partial charge in [0, 0.05) is 14.1 Å². The number of fused-ring (bicyclic) bond motifs is 1. The first-order valence-electron chi connectivity index (χ1n) is 9.96. The molecule has 0 saturated heterocycles. The molecule has 0 amide bonds. The van der Waals surface area contributed by atoms with E-state index < -0.39 is 5.69 Å². The Morgan fingerprint density at radius 3 is 2.40 bits per heavy atom. The number of hydrogen-bond acceptors (Lipinski definition) is 4. The van der Waals surface area contributed by atoms with Crippen molar-refractivity contribution in [1.82, 2.24) is 18.7 Å². The van der Waals surface area contributed by atoms with Gasteiger partial charge in [-0.05, 0) is 31.5 Å². The van der Waals surface area contributed by atoms with Gasteiger partial charge in [-0.15, -0.1) is 0 Å². The maximum atomic E-state index is 12.9. The van der Waals surface area contributed by atoms with E-state index in [0.717, 1.165) is 29.8 Å². The number of hydrogen-bond donors (Lipinski definition) is 2. The molecule has 2 aromatic heterocycles. The van der Waals surface area contributed by atoms with Crippen molar-refractivity contribution in [1.29, 1.82) is 0 Å². The number of quaternary nitrogens is 1. The van der Waals surface area contributed by atoms with Crippen LogP contribution in [0.4, 0.5) is 5.95 Å². The lowest BCUT2D eigenvalue weighted by atomic mass is 10.2. The Kier molecular flexibility index (Phi) is 6.90. The molecule has 2 heterocycles. The van der Waals surface area contributed by atoms with Gasteiger partial charge < -0.3 is 10.2 Å². The molecule has 0 bridgehead atoms. The van der Waals surface area contributed by atoms with Crippen molar-refractivity contribution in [2.75, 3.05) is 31.5 Å². The van der Waals surface area contributed by atoms with Gasteiger partial charge >= 0.3 is 5.69 Å². The molecule has 1 aromatic carbocycles. The molecule has 8 nitrogen and oxygen atoms in total. The fraction of sp³-hybridized carbons (Fsp3) is 0.450. The second-order valence-corrected chi connectivity index (χ2v) is 8.10. The van der Waals surface area contributed by atoms with Crippen LogP contribution in [-0.4, -0.2) is 44.9 Å². The molecule has 0 saturated carbocycles. The number of aromatic nitrogens is 4. The number of anilines is 1. The van der Waals surface area contributed by atoms with Crippen LogP contribution in [0, 0.1) is 0 Å². The first-order valence-corrected chi connectivity index (χ1v) is 10.7. The Balaban J connectivity index is 2.09. The number of aryl methyl sites for hydroxylation is 1. The van der Waals surface area contributed by atoms with Gasteiger partial charge in [0.25, 0.3) is 5.56 Å². The highest BCUT2D eigenvalue weighted by Gasteiger charge is 2.19. The van der Waals surface area contributed by atoms with Crippen LogP contribution < -0.4 is 21.5 Å². The molecule has 3 aromatic rings. The predicted octanol–water partition coefficient (Wildman–Crippen LogP) is 1.13. The SMILES string of the molecule is CC[NH+](CC)CCNc1nc2c(c(=O)n(C)c(=O)n2C)n1Cc1ccc(Cl)c(Cl)c1. The highest BCUT2D eigenvalue weighted by Crippen LogP contribution is 2.24. The van der Waals surface area contributed by atoms with Crippen LogP contribution in [0.3, 0.4) is 0 Å². The van der Waals surface area contributed by atoms with E-state index >= 15 is 0 Å². The summed E-state index contributed by atoms with van der Waals surface area (Å²) in [6, 6.07) is 5.35. The lowest BCUT2D eigenvalue weighted by Crippen LogP contribution is -3.12. The maximum absolute atomic E-state index is 12.9. The highest BCUT2D eigenvalue weighted by atomic mass is 35.5. The first kappa shape index (κ1) is 22.4. The van der Waals surface area contributed by atoms with Gasteiger partial charge in [-0.1, -0.05) is 29.3 Å². The Hall–Kier alpha value is -2.29. The van der Waals surface area contributed by atoms with E-state index in [4.69, 9.17) is 23.2 Å². The summed E-state index contributed by atoms with van der Waals surface area (Å²) in [5, 5.41) is 4.26. The predicted molar refractivity (Wildman–Crippen MR) is 121 cm³/mol. The van der Waals surface area contributed by atoms with Crippen LogP contribution in [0.5, 0.6) is 0 Å². The van der Waals surface area contributed by atoms with E-state index in [1.807, 2.05) is 6.07 Å². The molecule has 10 heteroatoms. The van der Waals surface area contributed by atoms with E-state index in [1.54, 1.807) is 23.7 Å². The van der Waals surface area contributed by atoms with Gasteiger partial charge in [0.1, 0.15) is 0 Å². The van der Waals surface area contributed by atoms with Crippen LogP contribution in [-0.2, 0) is 20.6 Å². The molecule has 162 valence electrons. The van der Waals surface area contributed by atoms with E-state index in [-0.39, 0.29) is 5.56 Å². The average molecular weight is 454 g/mol. The second kappa shape index (κ2) is 9.24. The summed E-state index contributed by atoms with van der Waals surface area (Å²) in [6.45, 7) is 8.34. The minimum atomic E-state index is -0.411. The molecule has 0 aliphatic rings. The van der Waals surface area contributed by atoms with Crippen LogP contribution in [0.15, 0.2) is 27.8 Å². The molecule has 0 atom stereocenters. The van der Waals surface area contributed by atoms with E-state index in [2.05, 4.69) is 24.1 Å². The topological polar surface area (TPSA) is 78.3 Å². The number of likely N-dealkylation sites (N-methyl/N-ethyl adjacent to an activating group) is 1. The number of benzene rings is 1. The summed E-state index contributed by atoms with van der Waals surface area (Å²) in [7, 11) is 3.09. The average Bonchev–Trinajstić information content (AvgIpc) is 3.09. The standard InChI is InChI=1S/C20H26Cl2N6O2/c1-5-27(6-2)10-9-23-19-24-17-16(18(29)26(4)20(30)25(17)3)28(19)12-13-7-8-14(21)15(22)11-13/h7-8,11H,5-6,9-10,12H2,1-4H3,(H,23,24)/p+1. The highest BCUT2D eigenvalue weighted by molar-refractivity contribution is 6.42. The Labute approximate surface area is 184 Å². The smallest absolute Gasteiger partial charge is 0.332 e. The van der Waals surface area contributed by atoms with E-state index in [0.29, 0.717) is 40.2 Å². The van der Waals surface area contributed by atoms with Crippen molar-refractivity contribution in [3.8, 4) is 0 Å². The fourth-order valence-electron chi connectivity index (χ4n) is 3.51. The zero-order chi connectivity index (χ0) is 22.0. The molecule has 0 radical (unpaired) electrons. The summed E-state index contributed by atoms with van der Waals surface area (Å²) in [5.41, 5.74) is 0.787. The number of nitrogens with one attached hydrogen (secondary N) is 2. The molecule has 2 N–H and O–H groups in total. The minimum Gasteiger partial charge on any atom is -0.350 e. The van der Waals surface area contributed by atoms with Crippen molar-refractivity contribution in [2.45, 2.75) is 20.4 Å². The van der Waals surface area contributed by atoms with Crippen molar-refractivity contribution >= 4 is 40.3 Å². The summed E-state index contributed by atoms with van der Waals surface area (Å²) in [4.78, 5) is 31.3. The minimum absolute atomic E-state index is 0.348. The van der Waals surface area contributed by atoms with Crippen molar-refractivity contribution in [2.24, 2.45) is 14.1 Å². The number of rotatable bonds is 8. The van der Waals surface area contributed by atoms with Crippen LogP contribution in [0.25, 0.3) is 11.2 Å². The first-order chi connectivity index (χ1) is 14.3.